The predicted octanol–water partition coefficient (Wildman–Crippen LogP) is 2.99. The Morgan fingerprint density at radius 1 is 1.42 bits per heavy atom. The fraction of sp³-hybridized carbons (Fsp3) is 0.533. The number of carboxylic acids is 1. The van der Waals surface area contributed by atoms with E-state index in [2.05, 4.69) is 59.1 Å². The first kappa shape index (κ1) is 13.4. The molecule has 4 heteroatoms. The molecule has 1 aromatic carbocycles. The molecule has 102 valence electrons. The van der Waals surface area contributed by atoms with Gasteiger partial charge in [-0.2, -0.15) is 0 Å². The molecule has 1 aromatic rings. The molecule has 19 heavy (non-hydrogen) atoms. The SMILES string of the molecule is C[C@@]12CC[C@@H](C[C@H](c3ccc(I)cc3)[C@@H]1C(=O)O)N2. The van der Waals surface area contributed by atoms with Crippen molar-refractivity contribution < 1.29 is 9.90 Å². The lowest BCUT2D eigenvalue weighted by molar-refractivity contribution is -0.146. The second kappa shape index (κ2) is 4.74. The van der Waals surface area contributed by atoms with Crippen molar-refractivity contribution in [3.8, 4) is 0 Å². The summed E-state index contributed by atoms with van der Waals surface area (Å²) >= 11 is 2.28. The standard InChI is InChI=1S/C15H18INO2/c1-15-7-6-11(17-15)8-12(13(15)14(18)19)9-2-4-10(16)5-3-9/h2-5,11-13,17H,6-8H2,1H3,(H,18,19)/t11-,12+,13+,15+/m0/s1. The maximum absolute atomic E-state index is 11.8. The van der Waals surface area contributed by atoms with Gasteiger partial charge in [-0.15, -0.1) is 0 Å². The van der Waals surface area contributed by atoms with Crippen molar-refractivity contribution in [2.24, 2.45) is 5.92 Å². The summed E-state index contributed by atoms with van der Waals surface area (Å²) in [4.78, 5) is 11.8. The zero-order valence-corrected chi connectivity index (χ0v) is 13.1. The highest BCUT2D eigenvalue weighted by Gasteiger charge is 2.53. The van der Waals surface area contributed by atoms with Crippen LogP contribution in [0.4, 0.5) is 0 Å². The van der Waals surface area contributed by atoms with Crippen LogP contribution in [-0.2, 0) is 4.79 Å². The molecule has 3 rings (SSSR count). The maximum atomic E-state index is 11.8. The molecular weight excluding hydrogens is 353 g/mol. The van der Waals surface area contributed by atoms with Crippen molar-refractivity contribution in [2.45, 2.75) is 43.7 Å². The molecule has 2 N–H and O–H groups in total. The minimum atomic E-state index is -0.668. The first-order valence-electron chi connectivity index (χ1n) is 6.75. The second-order valence-corrected chi connectivity index (χ2v) is 7.25. The molecule has 2 fully saturated rings. The number of piperidine rings is 1. The molecule has 2 aliphatic heterocycles. The van der Waals surface area contributed by atoms with E-state index in [1.165, 1.54) is 9.13 Å². The smallest absolute Gasteiger partial charge is 0.308 e. The van der Waals surface area contributed by atoms with Crippen molar-refractivity contribution in [2.75, 3.05) is 0 Å². The molecule has 0 radical (unpaired) electrons. The first-order chi connectivity index (χ1) is 8.99. The van der Waals surface area contributed by atoms with Crippen LogP contribution < -0.4 is 5.32 Å². The van der Waals surface area contributed by atoms with Gasteiger partial charge >= 0.3 is 5.97 Å². The Morgan fingerprint density at radius 3 is 2.74 bits per heavy atom. The van der Waals surface area contributed by atoms with Gasteiger partial charge in [0.25, 0.3) is 0 Å². The number of benzene rings is 1. The van der Waals surface area contributed by atoms with Gasteiger partial charge in [0, 0.05) is 21.1 Å². The van der Waals surface area contributed by atoms with E-state index in [9.17, 15) is 9.90 Å². The number of fused-ring (bicyclic) bond motifs is 2. The third-order valence-corrected chi connectivity index (χ3v) is 5.46. The van der Waals surface area contributed by atoms with Crippen molar-refractivity contribution in [1.29, 1.82) is 0 Å². The maximum Gasteiger partial charge on any atom is 0.308 e. The van der Waals surface area contributed by atoms with Crippen molar-refractivity contribution in [1.82, 2.24) is 5.32 Å². The highest BCUT2D eigenvalue weighted by molar-refractivity contribution is 14.1. The summed E-state index contributed by atoms with van der Waals surface area (Å²) in [7, 11) is 0. The monoisotopic (exact) mass is 371 g/mol. The van der Waals surface area contributed by atoms with Crippen LogP contribution >= 0.6 is 22.6 Å². The number of carboxylic acid groups (broad SMARTS) is 1. The Balaban J connectivity index is 1.99. The van der Waals surface area contributed by atoms with Gasteiger partial charge in [-0.3, -0.25) is 4.79 Å². The lowest BCUT2D eigenvalue weighted by atomic mass is 9.70. The topological polar surface area (TPSA) is 49.3 Å². The molecule has 0 aliphatic carbocycles. The van der Waals surface area contributed by atoms with E-state index in [0.29, 0.717) is 6.04 Å². The number of carbonyl (C=O) groups is 1. The molecule has 0 amide bonds. The number of rotatable bonds is 2. The van der Waals surface area contributed by atoms with Gasteiger partial charge in [-0.25, -0.2) is 0 Å². The minimum absolute atomic E-state index is 0.133. The fourth-order valence-electron chi connectivity index (χ4n) is 3.88. The molecule has 0 unspecified atom stereocenters. The first-order valence-corrected chi connectivity index (χ1v) is 7.83. The molecule has 2 aliphatic rings. The summed E-state index contributed by atoms with van der Waals surface area (Å²) in [6.45, 7) is 2.07. The number of nitrogens with one attached hydrogen (secondary N) is 1. The Bertz CT molecular complexity index is 501. The summed E-state index contributed by atoms with van der Waals surface area (Å²) in [6.07, 6.45) is 3.00. The van der Waals surface area contributed by atoms with Gasteiger partial charge < -0.3 is 10.4 Å². The number of halogens is 1. The lowest BCUT2D eigenvalue weighted by Gasteiger charge is -2.42. The van der Waals surface area contributed by atoms with Gasteiger partial charge in [0.2, 0.25) is 0 Å². The molecule has 0 aromatic heterocycles. The second-order valence-electron chi connectivity index (χ2n) is 6.01. The van der Waals surface area contributed by atoms with Gasteiger partial charge in [0.15, 0.2) is 0 Å². The normalized spacial score (nSPS) is 37.3. The van der Waals surface area contributed by atoms with Crippen LogP contribution in [0, 0.1) is 9.49 Å². The van der Waals surface area contributed by atoms with Crippen LogP contribution in [-0.4, -0.2) is 22.7 Å². The molecule has 0 spiro atoms. The summed E-state index contributed by atoms with van der Waals surface area (Å²) < 4.78 is 1.19. The van der Waals surface area contributed by atoms with Crippen LogP contribution in [0.5, 0.6) is 0 Å². The zero-order valence-electron chi connectivity index (χ0n) is 10.9. The Kier molecular flexibility index (Phi) is 3.33. The lowest BCUT2D eigenvalue weighted by Crippen LogP contribution is -2.56. The summed E-state index contributed by atoms with van der Waals surface area (Å²) in [5, 5.41) is 13.2. The molecule has 2 bridgehead atoms. The van der Waals surface area contributed by atoms with Crippen molar-refractivity contribution >= 4 is 28.6 Å². The number of hydrogen-bond acceptors (Lipinski definition) is 2. The van der Waals surface area contributed by atoms with Gasteiger partial charge in [-0.05, 0) is 66.5 Å². The highest BCUT2D eigenvalue weighted by Crippen LogP contribution is 2.47. The van der Waals surface area contributed by atoms with Crippen LogP contribution in [0.15, 0.2) is 24.3 Å². The van der Waals surface area contributed by atoms with Crippen molar-refractivity contribution in [3.63, 3.8) is 0 Å². The van der Waals surface area contributed by atoms with Crippen LogP contribution in [0.1, 0.15) is 37.7 Å². The Hall–Kier alpha value is -0.620. The van der Waals surface area contributed by atoms with Crippen molar-refractivity contribution in [3.05, 3.63) is 33.4 Å². The molecular formula is C15H18INO2. The zero-order chi connectivity index (χ0) is 13.6. The third kappa shape index (κ3) is 2.29. The van der Waals surface area contributed by atoms with E-state index in [-0.39, 0.29) is 17.4 Å². The van der Waals surface area contributed by atoms with Gasteiger partial charge in [0.05, 0.1) is 5.92 Å². The highest BCUT2D eigenvalue weighted by atomic mass is 127. The van der Waals surface area contributed by atoms with Gasteiger partial charge in [0.1, 0.15) is 0 Å². The third-order valence-electron chi connectivity index (χ3n) is 4.74. The average Bonchev–Trinajstić information content (AvgIpc) is 2.65. The minimum Gasteiger partial charge on any atom is -0.481 e. The van der Waals surface area contributed by atoms with E-state index in [1.54, 1.807) is 0 Å². The van der Waals surface area contributed by atoms with Crippen LogP contribution in [0.3, 0.4) is 0 Å². The summed E-state index contributed by atoms with van der Waals surface area (Å²) in [6, 6.07) is 8.81. The molecule has 4 atom stereocenters. The molecule has 0 saturated carbocycles. The molecule has 3 nitrogen and oxygen atoms in total. The average molecular weight is 371 g/mol. The quantitative estimate of drug-likeness (QED) is 0.786. The van der Waals surface area contributed by atoms with Crippen LogP contribution in [0.2, 0.25) is 0 Å². The van der Waals surface area contributed by atoms with E-state index < -0.39 is 5.97 Å². The van der Waals surface area contributed by atoms with Gasteiger partial charge in [-0.1, -0.05) is 12.1 Å². The van der Waals surface area contributed by atoms with E-state index in [0.717, 1.165) is 19.3 Å². The largest absolute Gasteiger partial charge is 0.481 e. The number of hydrogen-bond donors (Lipinski definition) is 2. The van der Waals surface area contributed by atoms with E-state index >= 15 is 0 Å². The number of aliphatic carboxylic acids is 1. The van der Waals surface area contributed by atoms with Crippen LogP contribution in [0.25, 0.3) is 0 Å². The predicted molar refractivity (Wildman–Crippen MR) is 82.2 cm³/mol. The van der Waals surface area contributed by atoms with E-state index in [1.807, 2.05) is 0 Å². The molecule has 2 saturated heterocycles. The Labute approximate surface area is 126 Å². The summed E-state index contributed by atoms with van der Waals surface area (Å²) in [5.74, 6) is -0.863. The summed E-state index contributed by atoms with van der Waals surface area (Å²) in [5.41, 5.74) is 0.926. The van der Waals surface area contributed by atoms with E-state index in [4.69, 9.17) is 0 Å². The molecule has 2 heterocycles. The fourth-order valence-corrected chi connectivity index (χ4v) is 4.24. The Morgan fingerprint density at radius 2 is 2.11 bits per heavy atom.